The van der Waals surface area contributed by atoms with Crippen LogP contribution >= 0.6 is 23.2 Å². The molecular formula is C14H21Cl2NO3. The Morgan fingerprint density at radius 1 is 1.20 bits per heavy atom. The van der Waals surface area contributed by atoms with Crippen LogP contribution < -0.4 is 10.1 Å². The van der Waals surface area contributed by atoms with Gasteiger partial charge in [0, 0.05) is 26.3 Å². The zero-order chi connectivity index (χ0) is 15.0. The number of benzene rings is 1. The molecule has 1 aromatic rings. The highest BCUT2D eigenvalue weighted by Gasteiger charge is 2.07. The normalized spacial score (nSPS) is 14.1. The Kier molecular flexibility index (Phi) is 8.26. The molecule has 0 amide bonds. The lowest BCUT2D eigenvalue weighted by Crippen LogP contribution is -2.34. The molecule has 0 aliphatic heterocycles. The third kappa shape index (κ3) is 6.77. The van der Waals surface area contributed by atoms with Gasteiger partial charge in [0.05, 0.1) is 10.0 Å². The summed E-state index contributed by atoms with van der Waals surface area (Å²) in [6.45, 7) is 4.23. The van der Waals surface area contributed by atoms with Gasteiger partial charge in [-0.3, -0.25) is 0 Å². The van der Waals surface area contributed by atoms with Crippen LogP contribution in [0.1, 0.15) is 6.92 Å². The van der Waals surface area contributed by atoms with E-state index in [1.807, 2.05) is 0 Å². The third-order valence-electron chi connectivity index (χ3n) is 2.66. The molecule has 6 heteroatoms. The molecule has 2 N–H and O–H groups in total. The van der Waals surface area contributed by atoms with E-state index >= 15 is 0 Å². The first kappa shape index (κ1) is 17.5. The van der Waals surface area contributed by atoms with Crippen molar-refractivity contribution in [3.05, 3.63) is 28.2 Å². The zero-order valence-corrected chi connectivity index (χ0v) is 13.2. The first-order valence-corrected chi connectivity index (χ1v) is 7.24. The van der Waals surface area contributed by atoms with E-state index < -0.39 is 6.10 Å². The number of halogens is 2. The number of aliphatic hydroxyl groups is 1. The lowest BCUT2D eigenvalue weighted by atomic mass is 10.2. The Balaban J connectivity index is 2.22. The van der Waals surface area contributed by atoms with Crippen LogP contribution in [0.2, 0.25) is 10.0 Å². The zero-order valence-electron chi connectivity index (χ0n) is 11.7. The van der Waals surface area contributed by atoms with Gasteiger partial charge in [0.25, 0.3) is 0 Å². The molecule has 0 radical (unpaired) electrons. The largest absolute Gasteiger partial charge is 0.491 e. The third-order valence-corrected chi connectivity index (χ3v) is 3.40. The highest BCUT2D eigenvalue weighted by Crippen LogP contribution is 2.26. The van der Waals surface area contributed by atoms with E-state index in [2.05, 4.69) is 12.2 Å². The molecule has 0 saturated heterocycles. The van der Waals surface area contributed by atoms with Crippen LogP contribution in [0.4, 0.5) is 0 Å². The van der Waals surface area contributed by atoms with Gasteiger partial charge in [0.2, 0.25) is 0 Å². The van der Waals surface area contributed by atoms with Crippen LogP contribution in [0, 0.1) is 5.92 Å². The summed E-state index contributed by atoms with van der Waals surface area (Å²) in [4.78, 5) is 0. The molecule has 4 nitrogen and oxygen atoms in total. The minimum Gasteiger partial charge on any atom is -0.491 e. The van der Waals surface area contributed by atoms with Crippen molar-refractivity contribution in [1.82, 2.24) is 5.32 Å². The molecule has 1 rings (SSSR count). The molecule has 0 fully saturated rings. The van der Waals surface area contributed by atoms with Gasteiger partial charge in [0.1, 0.15) is 18.5 Å². The fourth-order valence-corrected chi connectivity index (χ4v) is 1.95. The molecule has 0 heterocycles. The Labute approximate surface area is 130 Å². The summed E-state index contributed by atoms with van der Waals surface area (Å²) in [7, 11) is 1.68. The van der Waals surface area contributed by atoms with Crippen LogP contribution in [-0.4, -0.2) is 44.6 Å². The standard InChI is InChI=1S/C14H21Cl2NO3/c1-10(8-19-2)6-17-7-11(18)9-20-12-3-4-13(15)14(16)5-12/h3-5,10-11,17-18H,6-9H2,1-2H3. The van der Waals surface area contributed by atoms with E-state index in [9.17, 15) is 5.11 Å². The first-order chi connectivity index (χ1) is 9.52. The van der Waals surface area contributed by atoms with E-state index in [4.69, 9.17) is 32.7 Å². The summed E-state index contributed by atoms with van der Waals surface area (Å²) in [6, 6.07) is 5.01. The van der Waals surface area contributed by atoms with Crippen molar-refractivity contribution in [2.75, 3.05) is 33.4 Å². The maximum atomic E-state index is 9.80. The van der Waals surface area contributed by atoms with E-state index in [1.54, 1.807) is 25.3 Å². The molecule has 0 saturated carbocycles. The predicted octanol–water partition coefficient (Wildman–Crippen LogP) is 2.61. The van der Waals surface area contributed by atoms with Crippen molar-refractivity contribution < 1.29 is 14.6 Å². The van der Waals surface area contributed by atoms with Crippen LogP contribution in [0.5, 0.6) is 5.75 Å². The van der Waals surface area contributed by atoms with Crippen LogP contribution in [0.3, 0.4) is 0 Å². The first-order valence-electron chi connectivity index (χ1n) is 6.48. The van der Waals surface area contributed by atoms with Gasteiger partial charge in [-0.1, -0.05) is 30.1 Å². The summed E-state index contributed by atoms with van der Waals surface area (Å²) in [6.07, 6.45) is -0.584. The van der Waals surface area contributed by atoms with Gasteiger partial charge in [-0.15, -0.1) is 0 Å². The highest BCUT2D eigenvalue weighted by molar-refractivity contribution is 6.42. The lowest BCUT2D eigenvalue weighted by Gasteiger charge is -2.15. The van der Waals surface area contributed by atoms with Gasteiger partial charge in [-0.05, 0) is 24.6 Å². The van der Waals surface area contributed by atoms with E-state index in [-0.39, 0.29) is 6.61 Å². The van der Waals surface area contributed by atoms with Crippen molar-refractivity contribution in [2.24, 2.45) is 5.92 Å². The summed E-state index contributed by atoms with van der Waals surface area (Å²) in [5.74, 6) is 0.995. The van der Waals surface area contributed by atoms with Crippen molar-refractivity contribution >= 4 is 23.2 Å². The SMILES string of the molecule is COCC(C)CNCC(O)COc1ccc(Cl)c(Cl)c1. The van der Waals surface area contributed by atoms with Crippen LogP contribution in [0.15, 0.2) is 18.2 Å². The second-order valence-electron chi connectivity index (χ2n) is 4.76. The second-order valence-corrected chi connectivity index (χ2v) is 5.57. The molecule has 2 unspecified atom stereocenters. The maximum absolute atomic E-state index is 9.80. The second kappa shape index (κ2) is 9.42. The van der Waals surface area contributed by atoms with Gasteiger partial charge in [0.15, 0.2) is 0 Å². The Morgan fingerprint density at radius 3 is 2.60 bits per heavy atom. The minimum absolute atomic E-state index is 0.198. The molecule has 0 bridgehead atoms. The summed E-state index contributed by atoms with van der Waals surface area (Å²) in [5.41, 5.74) is 0. The van der Waals surface area contributed by atoms with Gasteiger partial charge in [-0.25, -0.2) is 0 Å². The lowest BCUT2D eigenvalue weighted by molar-refractivity contribution is 0.102. The molecule has 2 atom stereocenters. The Bertz CT molecular complexity index is 404. The summed E-state index contributed by atoms with van der Waals surface area (Å²) < 4.78 is 10.5. The Morgan fingerprint density at radius 2 is 1.95 bits per heavy atom. The molecular weight excluding hydrogens is 301 g/mol. The van der Waals surface area contributed by atoms with Gasteiger partial charge >= 0.3 is 0 Å². The molecule has 1 aromatic carbocycles. The highest BCUT2D eigenvalue weighted by atomic mass is 35.5. The smallest absolute Gasteiger partial charge is 0.121 e. The van der Waals surface area contributed by atoms with Crippen LogP contribution in [-0.2, 0) is 4.74 Å². The number of ether oxygens (including phenoxy) is 2. The van der Waals surface area contributed by atoms with Gasteiger partial charge < -0.3 is 19.9 Å². The number of hydrogen-bond donors (Lipinski definition) is 2. The number of rotatable bonds is 9. The van der Waals surface area contributed by atoms with Crippen molar-refractivity contribution in [3.8, 4) is 5.75 Å². The van der Waals surface area contributed by atoms with E-state index in [0.717, 1.165) is 6.54 Å². The molecule has 0 aromatic heterocycles. The molecule has 0 spiro atoms. The Hall–Kier alpha value is -0.520. The molecule has 20 heavy (non-hydrogen) atoms. The van der Waals surface area contributed by atoms with Crippen molar-refractivity contribution in [2.45, 2.75) is 13.0 Å². The molecule has 0 aliphatic rings. The van der Waals surface area contributed by atoms with E-state index in [1.165, 1.54) is 0 Å². The topological polar surface area (TPSA) is 50.7 Å². The van der Waals surface area contributed by atoms with Crippen molar-refractivity contribution in [3.63, 3.8) is 0 Å². The number of aliphatic hydroxyl groups excluding tert-OH is 1. The minimum atomic E-state index is -0.584. The fourth-order valence-electron chi connectivity index (χ4n) is 1.66. The average molecular weight is 322 g/mol. The monoisotopic (exact) mass is 321 g/mol. The summed E-state index contributed by atoms with van der Waals surface area (Å²) in [5, 5.41) is 13.9. The predicted molar refractivity (Wildman–Crippen MR) is 81.9 cm³/mol. The maximum Gasteiger partial charge on any atom is 0.121 e. The fraction of sp³-hybridized carbons (Fsp3) is 0.571. The number of methoxy groups -OCH3 is 1. The van der Waals surface area contributed by atoms with Gasteiger partial charge in [-0.2, -0.15) is 0 Å². The van der Waals surface area contributed by atoms with Crippen LogP contribution in [0.25, 0.3) is 0 Å². The molecule has 0 aliphatic carbocycles. The molecule has 114 valence electrons. The van der Waals surface area contributed by atoms with Crippen molar-refractivity contribution in [1.29, 1.82) is 0 Å². The number of hydrogen-bond acceptors (Lipinski definition) is 4. The number of nitrogens with one attached hydrogen (secondary N) is 1. The summed E-state index contributed by atoms with van der Waals surface area (Å²) >= 11 is 11.7. The average Bonchev–Trinajstić information content (AvgIpc) is 2.40. The quantitative estimate of drug-likeness (QED) is 0.734. The van der Waals surface area contributed by atoms with E-state index in [0.29, 0.717) is 34.9 Å².